The fraction of sp³-hybridized carbons (Fsp3) is 0.929. The number of hydrogen-bond donors (Lipinski definition) is 1. The van der Waals surface area contributed by atoms with Gasteiger partial charge < -0.3 is 14.7 Å². The molecule has 1 N–H and O–H groups in total. The Morgan fingerprint density at radius 2 is 2.11 bits per heavy atom. The Morgan fingerprint density at radius 3 is 2.63 bits per heavy atom. The maximum absolute atomic E-state index is 11.1. The molecule has 5 nitrogen and oxygen atoms in total. The predicted molar refractivity (Wildman–Crippen MR) is 75.4 cm³/mol. The molecule has 2 unspecified atom stereocenters. The smallest absolute Gasteiger partial charge is 0.320 e. The summed E-state index contributed by atoms with van der Waals surface area (Å²) >= 11 is 0. The van der Waals surface area contributed by atoms with Crippen molar-refractivity contribution in [3.8, 4) is 0 Å². The number of likely N-dealkylation sites (tertiary alicyclic amines) is 1. The third-order valence-corrected chi connectivity index (χ3v) is 3.94. The van der Waals surface area contributed by atoms with Crippen LogP contribution in [0.1, 0.15) is 33.6 Å². The Kier molecular flexibility index (Phi) is 7.34. The van der Waals surface area contributed by atoms with Crippen LogP contribution in [-0.4, -0.2) is 72.4 Å². The molecule has 0 amide bonds. The van der Waals surface area contributed by atoms with Gasteiger partial charge in [-0.1, -0.05) is 20.8 Å². The molecular weight excluding hydrogens is 244 g/mol. The number of aliphatic carboxylic acids is 1. The number of rotatable bonds is 9. The molecule has 1 aliphatic rings. The van der Waals surface area contributed by atoms with Crippen LogP contribution in [0.3, 0.4) is 0 Å². The zero-order chi connectivity index (χ0) is 14.3. The second kappa shape index (κ2) is 8.51. The Hall–Kier alpha value is -0.650. The summed E-state index contributed by atoms with van der Waals surface area (Å²) in [5, 5.41) is 9.14. The molecule has 1 aliphatic heterocycles. The van der Waals surface area contributed by atoms with Crippen molar-refractivity contribution in [3.63, 3.8) is 0 Å². The molecule has 0 bridgehead atoms. The highest BCUT2D eigenvalue weighted by Crippen LogP contribution is 2.17. The number of carboxylic acid groups (broad SMARTS) is 1. The van der Waals surface area contributed by atoms with Gasteiger partial charge in [-0.3, -0.25) is 9.69 Å². The Morgan fingerprint density at radius 1 is 1.42 bits per heavy atom. The van der Waals surface area contributed by atoms with E-state index < -0.39 is 5.97 Å². The minimum Gasteiger partial charge on any atom is -0.480 e. The molecule has 0 aromatic rings. The van der Waals surface area contributed by atoms with Crippen molar-refractivity contribution in [3.05, 3.63) is 0 Å². The van der Waals surface area contributed by atoms with Crippen LogP contribution in [-0.2, 0) is 9.53 Å². The van der Waals surface area contributed by atoms with Gasteiger partial charge in [0, 0.05) is 19.6 Å². The zero-order valence-electron chi connectivity index (χ0n) is 12.5. The van der Waals surface area contributed by atoms with Gasteiger partial charge in [-0.25, -0.2) is 0 Å². The van der Waals surface area contributed by atoms with Crippen molar-refractivity contribution >= 4 is 5.97 Å². The number of likely N-dealkylation sites (N-methyl/N-ethyl adjacent to an activating group) is 1. The molecule has 0 aromatic heterocycles. The summed E-state index contributed by atoms with van der Waals surface area (Å²) in [7, 11) is 0. The SMILES string of the molecule is CCC(C(=O)O)N1CCC(OCCN(CC)CC)C1. The van der Waals surface area contributed by atoms with Gasteiger partial charge in [0.1, 0.15) is 6.04 Å². The van der Waals surface area contributed by atoms with Gasteiger partial charge in [0.15, 0.2) is 0 Å². The fourth-order valence-corrected chi connectivity index (χ4v) is 2.65. The molecule has 19 heavy (non-hydrogen) atoms. The highest BCUT2D eigenvalue weighted by Gasteiger charge is 2.31. The predicted octanol–water partition coefficient (Wildman–Crippen LogP) is 1.28. The first-order valence-electron chi connectivity index (χ1n) is 7.43. The van der Waals surface area contributed by atoms with E-state index in [2.05, 4.69) is 18.7 Å². The molecule has 2 atom stereocenters. The van der Waals surface area contributed by atoms with E-state index in [-0.39, 0.29) is 12.1 Å². The van der Waals surface area contributed by atoms with Crippen molar-refractivity contribution in [2.24, 2.45) is 0 Å². The van der Waals surface area contributed by atoms with E-state index in [0.29, 0.717) is 6.42 Å². The third-order valence-electron chi connectivity index (χ3n) is 3.94. The van der Waals surface area contributed by atoms with Gasteiger partial charge >= 0.3 is 5.97 Å². The number of hydrogen-bond acceptors (Lipinski definition) is 4. The summed E-state index contributed by atoms with van der Waals surface area (Å²) in [6.45, 7) is 11.6. The normalized spacial score (nSPS) is 22.0. The van der Waals surface area contributed by atoms with Gasteiger partial charge in [-0.15, -0.1) is 0 Å². The zero-order valence-corrected chi connectivity index (χ0v) is 12.5. The van der Waals surface area contributed by atoms with Crippen molar-refractivity contribution in [1.29, 1.82) is 0 Å². The lowest BCUT2D eigenvalue weighted by molar-refractivity contribution is -0.143. The van der Waals surface area contributed by atoms with Crippen molar-refractivity contribution in [2.45, 2.75) is 45.8 Å². The van der Waals surface area contributed by atoms with E-state index in [9.17, 15) is 4.79 Å². The standard InChI is InChI=1S/C14H28N2O3/c1-4-13(14(17)18)16-8-7-12(11-16)19-10-9-15(5-2)6-3/h12-13H,4-11H2,1-3H3,(H,17,18). The maximum atomic E-state index is 11.1. The summed E-state index contributed by atoms with van der Waals surface area (Å²) in [5.41, 5.74) is 0. The van der Waals surface area contributed by atoms with Crippen LogP contribution >= 0.6 is 0 Å². The van der Waals surface area contributed by atoms with Crippen molar-refractivity contribution in [2.75, 3.05) is 39.3 Å². The van der Waals surface area contributed by atoms with E-state index in [1.54, 1.807) is 0 Å². The van der Waals surface area contributed by atoms with Crippen LogP contribution in [0.25, 0.3) is 0 Å². The van der Waals surface area contributed by atoms with Crippen molar-refractivity contribution < 1.29 is 14.6 Å². The van der Waals surface area contributed by atoms with Crippen LogP contribution in [0.5, 0.6) is 0 Å². The average molecular weight is 272 g/mol. The lowest BCUT2D eigenvalue weighted by atomic mass is 10.2. The molecule has 1 saturated heterocycles. The molecule has 1 heterocycles. The van der Waals surface area contributed by atoms with Gasteiger partial charge in [-0.05, 0) is 25.9 Å². The first-order chi connectivity index (χ1) is 9.12. The third kappa shape index (κ3) is 5.09. The average Bonchev–Trinajstić information content (AvgIpc) is 2.84. The Balaban J connectivity index is 2.26. The van der Waals surface area contributed by atoms with Gasteiger partial charge in [-0.2, -0.15) is 0 Å². The monoisotopic (exact) mass is 272 g/mol. The number of nitrogens with zero attached hydrogens (tertiary/aromatic N) is 2. The molecule has 0 saturated carbocycles. The quantitative estimate of drug-likeness (QED) is 0.685. The molecular formula is C14H28N2O3. The minimum atomic E-state index is -0.716. The van der Waals surface area contributed by atoms with Crippen LogP contribution in [0, 0.1) is 0 Å². The molecule has 112 valence electrons. The summed E-state index contributed by atoms with van der Waals surface area (Å²) in [6, 6.07) is -0.351. The number of carboxylic acids is 1. The van der Waals surface area contributed by atoms with Crippen LogP contribution in [0.4, 0.5) is 0 Å². The van der Waals surface area contributed by atoms with E-state index in [1.807, 2.05) is 11.8 Å². The minimum absolute atomic E-state index is 0.198. The van der Waals surface area contributed by atoms with Gasteiger partial charge in [0.25, 0.3) is 0 Å². The van der Waals surface area contributed by atoms with Gasteiger partial charge in [0.05, 0.1) is 12.7 Å². The number of ether oxygens (including phenoxy) is 1. The summed E-state index contributed by atoms with van der Waals surface area (Å²) in [4.78, 5) is 15.5. The second-order valence-corrected chi connectivity index (χ2v) is 5.07. The van der Waals surface area contributed by atoms with Crippen LogP contribution < -0.4 is 0 Å². The van der Waals surface area contributed by atoms with E-state index in [4.69, 9.17) is 9.84 Å². The Bertz CT molecular complexity index is 269. The molecule has 1 fully saturated rings. The molecule has 0 aliphatic carbocycles. The van der Waals surface area contributed by atoms with Crippen molar-refractivity contribution in [1.82, 2.24) is 9.80 Å². The molecule has 0 spiro atoms. The van der Waals surface area contributed by atoms with Crippen LogP contribution in [0.2, 0.25) is 0 Å². The van der Waals surface area contributed by atoms with Gasteiger partial charge in [0.2, 0.25) is 0 Å². The van der Waals surface area contributed by atoms with E-state index >= 15 is 0 Å². The topological polar surface area (TPSA) is 53.0 Å². The largest absolute Gasteiger partial charge is 0.480 e. The Labute approximate surface area is 116 Å². The maximum Gasteiger partial charge on any atom is 0.320 e. The summed E-state index contributed by atoms with van der Waals surface area (Å²) in [5.74, 6) is -0.716. The molecule has 1 rings (SSSR count). The fourth-order valence-electron chi connectivity index (χ4n) is 2.65. The van der Waals surface area contributed by atoms with E-state index in [1.165, 1.54) is 0 Å². The molecule has 5 heteroatoms. The first kappa shape index (κ1) is 16.4. The molecule has 0 radical (unpaired) electrons. The first-order valence-corrected chi connectivity index (χ1v) is 7.43. The second-order valence-electron chi connectivity index (χ2n) is 5.07. The van der Waals surface area contributed by atoms with E-state index in [0.717, 1.165) is 45.8 Å². The highest BCUT2D eigenvalue weighted by molar-refractivity contribution is 5.73. The summed E-state index contributed by atoms with van der Waals surface area (Å²) < 4.78 is 5.87. The summed E-state index contributed by atoms with van der Waals surface area (Å²) in [6.07, 6.45) is 1.80. The lowest BCUT2D eigenvalue weighted by Gasteiger charge is -2.23. The lowest BCUT2D eigenvalue weighted by Crippen LogP contribution is -2.40. The molecule has 0 aromatic carbocycles. The highest BCUT2D eigenvalue weighted by atomic mass is 16.5. The number of carbonyl (C=O) groups is 1. The van der Waals surface area contributed by atoms with Crippen LogP contribution in [0.15, 0.2) is 0 Å².